The van der Waals surface area contributed by atoms with E-state index in [-0.39, 0.29) is 17.4 Å². The molecule has 0 unspecified atom stereocenters. The highest BCUT2D eigenvalue weighted by Crippen LogP contribution is 2.35. The highest BCUT2D eigenvalue weighted by atomic mass is 32.1. The van der Waals surface area contributed by atoms with E-state index in [1.807, 2.05) is 23.1 Å². The van der Waals surface area contributed by atoms with Crippen molar-refractivity contribution < 1.29 is 4.79 Å². The second kappa shape index (κ2) is 7.03. The predicted molar refractivity (Wildman–Crippen MR) is 103 cm³/mol. The molecule has 26 heavy (non-hydrogen) atoms. The summed E-state index contributed by atoms with van der Waals surface area (Å²) in [5, 5.41) is 6.99. The number of para-hydroxylation sites is 1. The number of carbonyl (C=O) groups is 1. The van der Waals surface area contributed by atoms with Gasteiger partial charge in [0.2, 0.25) is 11.3 Å². The number of benzene rings is 1. The first-order valence-electron chi connectivity index (χ1n) is 8.99. The number of hydrogen-bond acceptors (Lipinski definition) is 4. The van der Waals surface area contributed by atoms with Crippen molar-refractivity contribution in [3.8, 4) is 0 Å². The molecule has 0 N–H and O–H groups in total. The molecule has 0 saturated heterocycles. The number of aromatic nitrogens is 2. The van der Waals surface area contributed by atoms with Gasteiger partial charge >= 0.3 is 0 Å². The van der Waals surface area contributed by atoms with E-state index in [1.54, 1.807) is 22.1 Å². The van der Waals surface area contributed by atoms with Crippen LogP contribution in [0.2, 0.25) is 0 Å². The Balaban J connectivity index is 1.53. The largest absolute Gasteiger partial charge is 0.335 e. The molecule has 1 aromatic carbocycles. The summed E-state index contributed by atoms with van der Waals surface area (Å²) in [6, 6.07) is 9.74. The first-order chi connectivity index (χ1) is 12.7. The fourth-order valence-corrected chi connectivity index (χ4v) is 4.75. The van der Waals surface area contributed by atoms with Gasteiger partial charge in [0.15, 0.2) is 0 Å². The number of rotatable bonds is 4. The number of fused-ring (bicyclic) bond motifs is 2. The molecule has 0 spiro atoms. The molecule has 0 aliphatic carbocycles. The Morgan fingerprint density at radius 2 is 2.15 bits per heavy atom. The minimum Gasteiger partial charge on any atom is -0.335 e. The van der Waals surface area contributed by atoms with Crippen LogP contribution in [0.4, 0.5) is 0 Å². The van der Waals surface area contributed by atoms with Crippen LogP contribution in [0.5, 0.6) is 0 Å². The molecule has 3 aromatic rings. The maximum Gasteiger partial charge on any atom is 0.224 e. The molecule has 134 valence electrons. The Morgan fingerprint density at radius 3 is 3.00 bits per heavy atom. The fraction of sp³-hybridized carbons (Fsp3) is 0.350. The standard InChI is InChI=1S/C20H21N3O2S/c1-2-16-15-9-12-26-19(15)7-10-22(16)20(25)8-11-23-17-6-4-3-5-14(17)18(24)13-21-23/h3-6,9,12-13,16H,2,7-8,10-11H2,1H3/t16-/m0/s1. The molecule has 0 saturated carbocycles. The molecule has 1 aliphatic rings. The summed E-state index contributed by atoms with van der Waals surface area (Å²) in [4.78, 5) is 28.3. The summed E-state index contributed by atoms with van der Waals surface area (Å²) in [7, 11) is 0. The zero-order valence-electron chi connectivity index (χ0n) is 14.7. The summed E-state index contributed by atoms with van der Waals surface area (Å²) in [6.07, 6.45) is 3.58. The molecular weight excluding hydrogens is 346 g/mol. The first-order valence-corrected chi connectivity index (χ1v) is 9.87. The van der Waals surface area contributed by atoms with E-state index in [9.17, 15) is 9.59 Å². The van der Waals surface area contributed by atoms with Gasteiger partial charge in [-0.3, -0.25) is 14.3 Å². The van der Waals surface area contributed by atoms with Crippen molar-refractivity contribution in [1.82, 2.24) is 14.7 Å². The molecule has 2 aromatic heterocycles. The fourth-order valence-electron chi connectivity index (χ4n) is 3.82. The lowest BCUT2D eigenvalue weighted by Gasteiger charge is -2.35. The normalized spacial score (nSPS) is 16.7. The van der Waals surface area contributed by atoms with E-state index >= 15 is 0 Å². The maximum absolute atomic E-state index is 12.9. The zero-order valence-corrected chi connectivity index (χ0v) is 15.5. The Morgan fingerprint density at radius 1 is 1.31 bits per heavy atom. The molecule has 3 heterocycles. The molecular formula is C20H21N3O2S. The highest BCUT2D eigenvalue weighted by Gasteiger charge is 2.29. The zero-order chi connectivity index (χ0) is 18.1. The van der Waals surface area contributed by atoms with Gasteiger partial charge < -0.3 is 4.90 Å². The van der Waals surface area contributed by atoms with Crippen molar-refractivity contribution in [2.75, 3.05) is 6.54 Å². The van der Waals surface area contributed by atoms with Crippen molar-refractivity contribution >= 4 is 28.1 Å². The van der Waals surface area contributed by atoms with Crippen molar-refractivity contribution in [3.05, 3.63) is 62.6 Å². The van der Waals surface area contributed by atoms with Crippen LogP contribution in [0.25, 0.3) is 10.9 Å². The number of hydrogen-bond donors (Lipinski definition) is 0. The van der Waals surface area contributed by atoms with Gasteiger partial charge in [0, 0.05) is 23.2 Å². The molecule has 0 fully saturated rings. The minimum absolute atomic E-state index is 0.0877. The van der Waals surface area contributed by atoms with Crippen LogP contribution in [-0.2, 0) is 17.8 Å². The van der Waals surface area contributed by atoms with Crippen LogP contribution in [0.3, 0.4) is 0 Å². The van der Waals surface area contributed by atoms with E-state index in [0.717, 1.165) is 24.9 Å². The van der Waals surface area contributed by atoms with E-state index in [2.05, 4.69) is 23.5 Å². The van der Waals surface area contributed by atoms with E-state index < -0.39 is 0 Å². The van der Waals surface area contributed by atoms with Crippen LogP contribution < -0.4 is 5.43 Å². The van der Waals surface area contributed by atoms with E-state index in [1.165, 1.54) is 16.6 Å². The number of nitrogens with zero attached hydrogens (tertiary/aromatic N) is 3. The van der Waals surface area contributed by atoms with Crippen molar-refractivity contribution in [2.45, 2.75) is 38.8 Å². The van der Waals surface area contributed by atoms with E-state index in [0.29, 0.717) is 18.4 Å². The Hall–Kier alpha value is -2.47. The topological polar surface area (TPSA) is 55.2 Å². The lowest BCUT2D eigenvalue weighted by molar-refractivity contribution is -0.134. The third-order valence-corrected chi connectivity index (χ3v) is 6.10. The van der Waals surface area contributed by atoms with Crippen molar-refractivity contribution in [2.24, 2.45) is 0 Å². The monoisotopic (exact) mass is 367 g/mol. The van der Waals surface area contributed by atoms with E-state index in [4.69, 9.17) is 0 Å². The molecule has 5 nitrogen and oxygen atoms in total. The van der Waals surface area contributed by atoms with Gasteiger partial charge in [-0.25, -0.2) is 0 Å². The molecule has 6 heteroatoms. The second-order valence-electron chi connectivity index (χ2n) is 6.56. The van der Waals surface area contributed by atoms with Gasteiger partial charge in [-0.2, -0.15) is 5.10 Å². The molecule has 0 radical (unpaired) electrons. The quantitative estimate of drug-likeness (QED) is 0.710. The average Bonchev–Trinajstić information content (AvgIpc) is 3.15. The lowest BCUT2D eigenvalue weighted by atomic mass is 9.97. The van der Waals surface area contributed by atoms with Crippen LogP contribution in [0.1, 0.15) is 36.2 Å². The third-order valence-electron chi connectivity index (χ3n) is 5.10. The Labute approximate surface area is 155 Å². The second-order valence-corrected chi connectivity index (χ2v) is 7.56. The molecule has 4 rings (SSSR count). The minimum atomic E-state index is -0.0877. The van der Waals surface area contributed by atoms with Gasteiger partial charge in [-0.15, -0.1) is 11.3 Å². The van der Waals surface area contributed by atoms with Crippen LogP contribution in [0, 0.1) is 0 Å². The van der Waals surface area contributed by atoms with Crippen LogP contribution >= 0.6 is 11.3 Å². The first kappa shape index (κ1) is 17.0. The van der Waals surface area contributed by atoms with Crippen LogP contribution in [0.15, 0.2) is 46.7 Å². The summed E-state index contributed by atoms with van der Waals surface area (Å²) < 4.78 is 1.76. The van der Waals surface area contributed by atoms with Gasteiger partial charge in [0.1, 0.15) is 0 Å². The predicted octanol–water partition coefficient (Wildman–Crippen LogP) is 3.38. The molecule has 0 bridgehead atoms. The number of amides is 1. The van der Waals surface area contributed by atoms with Gasteiger partial charge in [0.05, 0.1) is 24.3 Å². The van der Waals surface area contributed by atoms with Crippen molar-refractivity contribution in [1.29, 1.82) is 0 Å². The summed E-state index contributed by atoms with van der Waals surface area (Å²) in [5.41, 5.74) is 2.00. The summed E-state index contributed by atoms with van der Waals surface area (Å²) in [6.45, 7) is 3.39. The molecule has 1 atom stereocenters. The smallest absolute Gasteiger partial charge is 0.224 e. The van der Waals surface area contributed by atoms with Crippen molar-refractivity contribution in [3.63, 3.8) is 0 Å². The Kier molecular flexibility index (Phi) is 4.59. The Bertz CT molecular complexity index is 1010. The lowest BCUT2D eigenvalue weighted by Crippen LogP contribution is -2.39. The highest BCUT2D eigenvalue weighted by molar-refractivity contribution is 7.10. The third kappa shape index (κ3) is 2.94. The van der Waals surface area contributed by atoms with Gasteiger partial charge in [-0.05, 0) is 42.0 Å². The SMILES string of the molecule is CC[C@H]1c2ccsc2CCN1C(=O)CCn1ncc(=O)c2ccccc21. The molecule has 1 aliphatic heterocycles. The number of carbonyl (C=O) groups excluding carboxylic acids is 1. The summed E-state index contributed by atoms with van der Waals surface area (Å²) in [5.74, 6) is 0.151. The number of aryl methyl sites for hydroxylation is 1. The maximum atomic E-state index is 12.9. The summed E-state index contributed by atoms with van der Waals surface area (Å²) >= 11 is 1.79. The van der Waals surface area contributed by atoms with Crippen LogP contribution in [-0.4, -0.2) is 27.1 Å². The number of thiophene rings is 1. The van der Waals surface area contributed by atoms with Gasteiger partial charge in [-0.1, -0.05) is 19.1 Å². The average molecular weight is 367 g/mol. The van der Waals surface area contributed by atoms with Gasteiger partial charge in [0.25, 0.3) is 0 Å². The molecule has 1 amide bonds.